The van der Waals surface area contributed by atoms with E-state index < -0.39 is 47.3 Å². The van der Waals surface area contributed by atoms with Crippen molar-refractivity contribution in [2.75, 3.05) is 14.1 Å². The number of hydrogen-bond donors (Lipinski definition) is 3. The highest BCUT2D eigenvalue weighted by molar-refractivity contribution is 5.89. The van der Waals surface area contributed by atoms with E-state index in [0.29, 0.717) is 6.07 Å². The van der Waals surface area contributed by atoms with Gasteiger partial charge in [-0.25, -0.2) is 4.39 Å². The van der Waals surface area contributed by atoms with Crippen LogP contribution in [0.4, 0.5) is 17.6 Å². The summed E-state index contributed by atoms with van der Waals surface area (Å²) in [4.78, 5) is 26.4. The second-order valence-electron chi connectivity index (χ2n) is 8.40. The van der Waals surface area contributed by atoms with Gasteiger partial charge in [-0.1, -0.05) is 26.8 Å². The Labute approximate surface area is 167 Å². The zero-order valence-corrected chi connectivity index (χ0v) is 16.9. The minimum Gasteiger partial charge on any atom is -0.347 e. The maximum Gasteiger partial charge on any atom is 0.419 e. The highest BCUT2D eigenvalue weighted by Crippen LogP contribution is 2.37. The minimum absolute atomic E-state index is 0.0889. The van der Waals surface area contributed by atoms with Gasteiger partial charge >= 0.3 is 6.18 Å². The molecule has 1 aromatic carbocycles. The Hall–Kier alpha value is -2.20. The van der Waals surface area contributed by atoms with E-state index in [1.165, 1.54) is 0 Å². The van der Waals surface area contributed by atoms with Crippen molar-refractivity contribution in [3.8, 4) is 0 Å². The molecule has 0 aromatic heterocycles. The van der Waals surface area contributed by atoms with Crippen LogP contribution in [0.25, 0.3) is 0 Å². The van der Waals surface area contributed by atoms with Crippen LogP contribution in [0, 0.1) is 11.2 Å². The van der Waals surface area contributed by atoms with E-state index in [0.717, 1.165) is 12.1 Å². The van der Waals surface area contributed by atoms with Crippen LogP contribution in [0.5, 0.6) is 0 Å². The largest absolute Gasteiger partial charge is 0.419 e. The molecule has 0 bridgehead atoms. The first-order chi connectivity index (χ1) is 13.2. The smallest absolute Gasteiger partial charge is 0.347 e. The molecule has 29 heavy (non-hydrogen) atoms. The Morgan fingerprint density at radius 1 is 1.24 bits per heavy atom. The Morgan fingerprint density at radius 2 is 1.86 bits per heavy atom. The van der Waals surface area contributed by atoms with Gasteiger partial charge in [0.1, 0.15) is 12.1 Å². The molecule has 1 aliphatic rings. The first kappa shape index (κ1) is 23.1. The lowest BCUT2D eigenvalue weighted by atomic mass is 9.81. The molecule has 10 heteroatoms. The number of nitrogens with one attached hydrogen (secondary N) is 3. The molecule has 0 saturated carbocycles. The van der Waals surface area contributed by atoms with E-state index in [4.69, 9.17) is 0 Å². The number of rotatable bonds is 4. The van der Waals surface area contributed by atoms with Gasteiger partial charge in [-0.2, -0.15) is 13.2 Å². The quantitative estimate of drug-likeness (QED) is 0.657. The zero-order valence-electron chi connectivity index (χ0n) is 16.9. The molecule has 0 radical (unpaired) electrons. The van der Waals surface area contributed by atoms with Gasteiger partial charge in [0.05, 0.1) is 24.1 Å². The third-order valence-corrected chi connectivity index (χ3v) is 4.66. The Morgan fingerprint density at radius 3 is 2.34 bits per heavy atom. The fourth-order valence-corrected chi connectivity index (χ4v) is 3.12. The van der Waals surface area contributed by atoms with Crippen molar-refractivity contribution in [3.63, 3.8) is 0 Å². The summed E-state index contributed by atoms with van der Waals surface area (Å²) >= 11 is 0. The second kappa shape index (κ2) is 8.27. The van der Waals surface area contributed by atoms with Gasteiger partial charge in [-0.3, -0.25) is 19.8 Å². The molecule has 1 aliphatic heterocycles. The normalized spacial score (nSPS) is 21.7. The molecule has 3 N–H and O–H groups in total. The van der Waals surface area contributed by atoms with E-state index >= 15 is 0 Å². The summed E-state index contributed by atoms with van der Waals surface area (Å²) in [5, 5.41) is 8.43. The average Bonchev–Trinajstić information content (AvgIpc) is 2.56. The van der Waals surface area contributed by atoms with Crippen molar-refractivity contribution in [2.24, 2.45) is 5.41 Å². The number of alkyl halides is 3. The number of amides is 2. The van der Waals surface area contributed by atoms with Crippen LogP contribution < -0.4 is 16.0 Å². The SMILES string of the molecule is CN(C)C1NC(=O)CC(C(=O)N[C@@H](c2ccc(C(F)(F)F)c(F)c2)C(C)(C)C)N1. The number of benzene rings is 1. The molecule has 0 spiro atoms. The predicted molar refractivity (Wildman–Crippen MR) is 98.9 cm³/mol. The van der Waals surface area contributed by atoms with Gasteiger partial charge in [0.25, 0.3) is 0 Å². The van der Waals surface area contributed by atoms with Crippen molar-refractivity contribution in [1.82, 2.24) is 20.9 Å². The standard InChI is InChI=1S/C19H26F4N4O2/c1-18(2,3)15(10-6-7-11(12(20)8-10)19(21,22)23)26-16(29)13-9-14(28)25-17(24-13)27(4)5/h6-8,13,15,17,24H,9H2,1-5H3,(H,25,28)(H,26,29)/t13?,15-,17?/m0/s1. The first-order valence-electron chi connectivity index (χ1n) is 9.09. The molecule has 2 unspecified atom stereocenters. The molecule has 2 rings (SSSR count). The highest BCUT2D eigenvalue weighted by atomic mass is 19.4. The summed E-state index contributed by atoms with van der Waals surface area (Å²) < 4.78 is 52.6. The molecule has 162 valence electrons. The topological polar surface area (TPSA) is 73.5 Å². The number of carbonyl (C=O) groups excluding carboxylic acids is 2. The molecule has 1 fully saturated rings. The fraction of sp³-hybridized carbons (Fsp3) is 0.579. The summed E-state index contributed by atoms with van der Waals surface area (Å²) in [6.07, 6.45) is -5.43. The van der Waals surface area contributed by atoms with Gasteiger partial charge in [0, 0.05) is 0 Å². The van der Waals surface area contributed by atoms with Crippen LogP contribution >= 0.6 is 0 Å². The molecule has 6 nitrogen and oxygen atoms in total. The van der Waals surface area contributed by atoms with Crippen LogP contribution in [0.15, 0.2) is 18.2 Å². The van der Waals surface area contributed by atoms with Gasteiger partial charge in [0.2, 0.25) is 11.8 Å². The van der Waals surface area contributed by atoms with Crippen LogP contribution in [0.1, 0.15) is 44.4 Å². The fourth-order valence-electron chi connectivity index (χ4n) is 3.12. The highest BCUT2D eigenvalue weighted by Gasteiger charge is 2.37. The molecular formula is C19H26F4N4O2. The van der Waals surface area contributed by atoms with Gasteiger partial charge in [-0.05, 0) is 37.2 Å². The molecule has 1 heterocycles. The predicted octanol–water partition coefficient (Wildman–Crippen LogP) is 2.37. The third-order valence-electron chi connectivity index (χ3n) is 4.66. The molecular weight excluding hydrogens is 392 g/mol. The molecule has 3 atom stereocenters. The molecule has 2 amide bonds. The third kappa shape index (κ3) is 5.66. The lowest BCUT2D eigenvalue weighted by molar-refractivity contribution is -0.140. The number of carbonyl (C=O) groups is 2. The van der Waals surface area contributed by atoms with Crippen LogP contribution in [-0.4, -0.2) is 43.1 Å². The lowest BCUT2D eigenvalue weighted by Crippen LogP contribution is -2.65. The number of halogens is 4. The van der Waals surface area contributed by atoms with Crippen LogP contribution in [-0.2, 0) is 15.8 Å². The maximum atomic E-state index is 14.1. The second-order valence-corrected chi connectivity index (χ2v) is 8.40. The minimum atomic E-state index is -4.80. The van der Waals surface area contributed by atoms with E-state index in [9.17, 15) is 27.2 Å². The van der Waals surface area contributed by atoms with Crippen molar-refractivity contribution >= 4 is 11.8 Å². The van der Waals surface area contributed by atoms with Crippen LogP contribution in [0.2, 0.25) is 0 Å². The summed E-state index contributed by atoms with van der Waals surface area (Å²) in [5.41, 5.74) is -1.78. The van der Waals surface area contributed by atoms with E-state index in [1.54, 1.807) is 39.8 Å². The summed E-state index contributed by atoms with van der Waals surface area (Å²) in [5.74, 6) is -2.20. The molecule has 1 saturated heterocycles. The monoisotopic (exact) mass is 418 g/mol. The maximum absolute atomic E-state index is 14.1. The van der Waals surface area contributed by atoms with Crippen molar-refractivity contribution in [2.45, 2.75) is 51.7 Å². The summed E-state index contributed by atoms with van der Waals surface area (Å²) in [6.45, 7) is 5.32. The summed E-state index contributed by atoms with van der Waals surface area (Å²) in [7, 11) is 3.45. The Balaban J connectivity index is 2.27. The first-order valence-corrected chi connectivity index (χ1v) is 9.09. The number of nitrogens with zero attached hydrogens (tertiary/aromatic N) is 1. The lowest BCUT2D eigenvalue weighted by Gasteiger charge is -2.37. The summed E-state index contributed by atoms with van der Waals surface area (Å²) in [6, 6.07) is 1.02. The van der Waals surface area contributed by atoms with Crippen molar-refractivity contribution in [1.29, 1.82) is 0 Å². The van der Waals surface area contributed by atoms with E-state index in [1.807, 2.05) is 0 Å². The van der Waals surface area contributed by atoms with Crippen molar-refractivity contribution in [3.05, 3.63) is 35.1 Å². The van der Waals surface area contributed by atoms with Gasteiger partial charge in [0.15, 0.2) is 0 Å². The van der Waals surface area contributed by atoms with Gasteiger partial charge < -0.3 is 10.6 Å². The Bertz CT molecular complexity index is 774. The average molecular weight is 418 g/mol. The van der Waals surface area contributed by atoms with Crippen LogP contribution in [0.3, 0.4) is 0 Å². The van der Waals surface area contributed by atoms with Gasteiger partial charge in [-0.15, -0.1) is 0 Å². The van der Waals surface area contributed by atoms with E-state index in [2.05, 4.69) is 16.0 Å². The van der Waals surface area contributed by atoms with E-state index in [-0.39, 0.29) is 17.9 Å². The zero-order chi connectivity index (χ0) is 22.1. The molecule has 0 aliphatic carbocycles. The Kier molecular flexibility index (Phi) is 6.58. The van der Waals surface area contributed by atoms with Crippen molar-refractivity contribution < 1.29 is 27.2 Å². The molecule has 1 aromatic rings. The number of hydrogen-bond acceptors (Lipinski definition) is 4.